The van der Waals surface area contributed by atoms with E-state index in [1.54, 1.807) is 0 Å². The number of rotatable bonds is 12. The minimum atomic E-state index is -2.36. The summed E-state index contributed by atoms with van der Waals surface area (Å²) >= 11 is 0. The van der Waals surface area contributed by atoms with Gasteiger partial charge in [-0.25, -0.2) is 0 Å². The van der Waals surface area contributed by atoms with Crippen molar-refractivity contribution in [3.8, 4) is 0 Å². The number of nitrogens with zero attached hydrogens (tertiary/aromatic N) is 3. The van der Waals surface area contributed by atoms with Gasteiger partial charge in [0.15, 0.2) is 0 Å². The first kappa shape index (κ1) is 21.1. The summed E-state index contributed by atoms with van der Waals surface area (Å²) in [6, 6.07) is 0. The molecule has 6 nitrogen and oxygen atoms in total. The number of hydrogen-bond acceptors (Lipinski definition) is 4. The SMILES string of the molecule is [CH2]CP(=O)(C[CH2])N(C)CCCN(C)CCCCN1C(=O)C=CC1=O. The number of unbranched alkanes of at least 4 members (excludes halogenated alkanes) is 1. The summed E-state index contributed by atoms with van der Waals surface area (Å²) in [6.45, 7) is 10.6. The van der Waals surface area contributed by atoms with Crippen molar-refractivity contribution in [3.63, 3.8) is 0 Å². The van der Waals surface area contributed by atoms with Gasteiger partial charge in [-0.2, -0.15) is 0 Å². The molecule has 0 fully saturated rings. The number of imide groups is 1. The van der Waals surface area contributed by atoms with Crippen LogP contribution in [-0.4, -0.2) is 78.9 Å². The molecule has 1 rings (SSSR count). The van der Waals surface area contributed by atoms with Crippen LogP contribution in [0.25, 0.3) is 0 Å². The normalized spacial score (nSPS) is 15.3. The van der Waals surface area contributed by atoms with Gasteiger partial charge in [0, 0.05) is 37.6 Å². The van der Waals surface area contributed by atoms with Crippen molar-refractivity contribution in [3.05, 3.63) is 26.0 Å². The molecule has 0 aromatic rings. The zero-order valence-corrected chi connectivity index (χ0v) is 15.8. The van der Waals surface area contributed by atoms with Crippen LogP contribution in [0.3, 0.4) is 0 Å². The molecule has 0 spiro atoms. The summed E-state index contributed by atoms with van der Waals surface area (Å²) < 4.78 is 14.4. The molecule has 2 radical (unpaired) electrons. The zero-order valence-electron chi connectivity index (χ0n) is 14.9. The minimum Gasteiger partial charge on any atom is -0.307 e. The number of carbonyl (C=O) groups is 2. The van der Waals surface area contributed by atoms with E-state index in [0.29, 0.717) is 18.9 Å². The average molecular weight is 355 g/mol. The molecule has 0 unspecified atom stereocenters. The second-order valence-electron chi connectivity index (χ2n) is 6.20. The molecular formula is C17H30N3O3P. The Morgan fingerprint density at radius 1 is 0.958 bits per heavy atom. The molecule has 24 heavy (non-hydrogen) atoms. The summed E-state index contributed by atoms with van der Waals surface area (Å²) in [6.07, 6.45) is 6.16. The first-order valence-corrected chi connectivity index (χ1v) is 10.5. The lowest BCUT2D eigenvalue weighted by atomic mass is 10.2. The van der Waals surface area contributed by atoms with Gasteiger partial charge in [-0.15, -0.1) is 0 Å². The highest BCUT2D eigenvalue weighted by Gasteiger charge is 2.23. The first-order chi connectivity index (χ1) is 11.3. The number of hydrogen-bond donors (Lipinski definition) is 0. The van der Waals surface area contributed by atoms with Crippen molar-refractivity contribution in [2.75, 3.05) is 52.6 Å². The smallest absolute Gasteiger partial charge is 0.253 e. The van der Waals surface area contributed by atoms with Gasteiger partial charge < -0.3 is 9.46 Å². The fourth-order valence-electron chi connectivity index (χ4n) is 2.62. The molecule has 0 aromatic carbocycles. The van der Waals surface area contributed by atoms with E-state index in [1.807, 2.05) is 11.7 Å². The maximum Gasteiger partial charge on any atom is 0.253 e. The Bertz CT molecular complexity index is 481. The molecule has 0 aromatic heterocycles. The molecule has 1 heterocycles. The molecule has 0 atom stereocenters. The zero-order chi connectivity index (χ0) is 18.2. The highest BCUT2D eigenvalue weighted by molar-refractivity contribution is 7.61. The predicted octanol–water partition coefficient (Wildman–Crippen LogP) is 1.89. The monoisotopic (exact) mass is 355 g/mol. The van der Waals surface area contributed by atoms with Crippen LogP contribution < -0.4 is 0 Å². The van der Waals surface area contributed by atoms with Crippen LogP contribution >= 0.6 is 7.29 Å². The fourth-order valence-corrected chi connectivity index (χ4v) is 4.03. The topological polar surface area (TPSA) is 60.9 Å². The van der Waals surface area contributed by atoms with Gasteiger partial charge >= 0.3 is 0 Å². The van der Waals surface area contributed by atoms with Crippen molar-refractivity contribution in [2.45, 2.75) is 19.3 Å². The summed E-state index contributed by atoms with van der Waals surface area (Å²) in [5.41, 5.74) is 0. The molecule has 0 aliphatic carbocycles. The molecular weight excluding hydrogens is 325 g/mol. The summed E-state index contributed by atoms with van der Waals surface area (Å²) in [5, 5.41) is 0. The van der Waals surface area contributed by atoms with E-state index in [1.165, 1.54) is 17.1 Å². The van der Waals surface area contributed by atoms with Crippen LogP contribution in [0, 0.1) is 13.8 Å². The van der Waals surface area contributed by atoms with Crippen LogP contribution in [0.1, 0.15) is 19.3 Å². The molecule has 0 bridgehead atoms. The van der Waals surface area contributed by atoms with Crippen molar-refractivity contribution >= 4 is 19.1 Å². The average Bonchev–Trinajstić information content (AvgIpc) is 2.89. The van der Waals surface area contributed by atoms with Gasteiger partial charge in [0.1, 0.15) is 7.29 Å². The molecule has 0 saturated carbocycles. The lowest BCUT2D eigenvalue weighted by Crippen LogP contribution is -2.31. The Labute approximate surface area is 146 Å². The minimum absolute atomic E-state index is 0.211. The Morgan fingerprint density at radius 2 is 1.50 bits per heavy atom. The fraction of sp³-hybridized carbons (Fsp3) is 0.647. The number of amides is 2. The van der Waals surface area contributed by atoms with Crippen LogP contribution in [-0.2, 0) is 14.2 Å². The predicted molar refractivity (Wildman–Crippen MR) is 97.9 cm³/mol. The van der Waals surface area contributed by atoms with Crippen LogP contribution in [0.4, 0.5) is 0 Å². The highest BCUT2D eigenvalue weighted by Crippen LogP contribution is 2.47. The second-order valence-corrected chi connectivity index (χ2v) is 9.47. The van der Waals surface area contributed by atoms with E-state index in [2.05, 4.69) is 25.8 Å². The van der Waals surface area contributed by atoms with Gasteiger partial charge in [0.25, 0.3) is 11.8 Å². The van der Waals surface area contributed by atoms with E-state index in [4.69, 9.17) is 0 Å². The molecule has 2 amide bonds. The van der Waals surface area contributed by atoms with E-state index in [9.17, 15) is 14.2 Å². The molecule has 1 aliphatic heterocycles. The van der Waals surface area contributed by atoms with Gasteiger partial charge in [-0.3, -0.25) is 19.2 Å². The van der Waals surface area contributed by atoms with Crippen molar-refractivity contribution < 1.29 is 14.2 Å². The third-order valence-electron chi connectivity index (χ3n) is 4.41. The lowest BCUT2D eigenvalue weighted by Gasteiger charge is -2.27. The van der Waals surface area contributed by atoms with Gasteiger partial charge in [-0.1, -0.05) is 0 Å². The van der Waals surface area contributed by atoms with Crippen molar-refractivity contribution in [1.82, 2.24) is 14.5 Å². The van der Waals surface area contributed by atoms with Gasteiger partial charge in [-0.05, 0) is 60.3 Å². The second kappa shape index (κ2) is 10.1. The van der Waals surface area contributed by atoms with Gasteiger partial charge in [0.2, 0.25) is 0 Å². The summed E-state index contributed by atoms with van der Waals surface area (Å²) in [4.78, 5) is 26.3. The Hall–Kier alpha value is -0.970. The van der Waals surface area contributed by atoms with E-state index in [0.717, 1.165) is 38.9 Å². The standard InChI is InChI=1S/C17H30N3O3P/c1-5-24(23,6-2)19(4)14-9-13-18(3)12-7-8-15-20-16(21)10-11-17(20)22/h10-11H,1-2,5-9,12-15H2,3-4H3. The maximum atomic E-state index is 12.4. The maximum absolute atomic E-state index is 12.4. The van der Waals surface area contributed by atoms with Gasteiger partial charge in [0.05, 0.1) is 0 Å². The Kier molecular flexibility index (Phi) is 8.88. The molecule has 0 saturated heterocycles. The molecule has 136 valence electrons. The summed E-state index contributed by atoms with van der Waals surface area (Å²) in [5.74, 6) is -0.423. The van der Waals surface area contributed by atoms with E-state index in [-0.39, 0.29) is 11.8 Å². The Morgan fingerprint density at radius 3 is 2.04 bits per heavy atom. The quantitative estimate of drug-likeness (QED) is 0.304. The van der Waals surface area contributed by atoms with Crippen LogP contribution in [0.5, 0.6) is 0 Å². The summed E-state index contributed by atoms with van der Waals surface area (Å²) in [7, 11) is 1.57. The van der Waals surface area contributed by atoms with Crippen LogP contribution in [0.15, 0.2) is 12.2 Å². The molecule has 1 aliphatic rings. The van der Waals surface area contributed by atoms with Crippen molar-refractivity contribution in [1.29, 1.82) is 0 Å². The van der Waals surface area contributed by atoms with Crippen LogP contribution in [0.2, 0.25) is 0 Å². The molecule has 7 heteroatoms. The number of carbonyl (C=O) groups excluding carboxylic acids is 2. The Balaban J connectivity index is 2.14. The van der Waals surface area contributed by atoms with E-state index >= 15 is 0 Å². The largest absolute Gasteiger partial charge is 0.307 e. The first-order valence-electron chi connectivity index (χ1n) is 8.44. The lowest BCUT2D eigenvalue weighted by molar-refractivity contribution is -0.136. The van der Waals surface area contributed by atoms with E-state index < -0.39 is 7.29 Å². The highest BCUT2D eigenvalue weighted by atomic mass is 31.2. The third-order valence-corrected chi connectivity index (χ3v) is 7.26. The molecule has 0 N–H and O–H groups in total. The third kappa shape index (κ3) is 6.15. The van der Waals surface area contributed by atoms with Crippen molar-refractivity contribution in [2.24, 2.45) is 0 Å².